The highest BCUT2D eigenvalue weighted by atomic mass is 19.4. The van der Waals surface area contributed by atoms with E-state index in [2.05, 4.69) is 21.9 Å². The lowest BCUT2D eigenvalue weighted by molar-refractivity contribution is -0.137. The van der Waals surface area contributed by atoms with E-state index in [1.54, 1.807) is 0 Å². The number of hydrogen-bond acceptors (Lipinski definition) is 4. The summed E-state index contributed by atoms with van der Waals surface area (Å²) in [5.41, 5.74) is 1.31. The molecule has 0 N–H and O–H groups in total. The highest BCUT2D eigenvalue weighted by molar-refractivity contribution is 5.51. The van der Waals surface area contributed by atoms with Crippen LogP contribution in [0.1, 0.15) is 11.1 Å². The Labute approximate surface area is 171 Å². The van der Waals surface area contributed by atoms with Gasteiger partial charge in [0.25, 0.3) is 0 Å². The molecule has 9 heteroatoms. The molecule has 0 spiro atoms. The van der Waals surface area contributed by atoms with Crippen molar-refractivity contribution in [3.8, 4) is 5.69 Å². The number of aromatic nitrogens is 3. The van der Waals surface area contributed by atoms with Crippen molar-refractivity contribution in [2.45, 2.75) is 12.7 Å². The second-order valence-corrected chi connectivity index (χ2v) is 7.44. The van der Waals surface area contributed by atoms with Gasteiger partial charge in [-0.15, -0.1) is 0 Å². The van der Waals surface area contributed by atoms with Gasteiger partial charge in [0.1, 0.15) is 6.33 Å². The molecular formula is C21H22F3N5O. The van der Waals surface area contributed by atoms with E-state index >= 15 is 0 Å². The van der Waals surface area contributed by atoms with Gasteiger partial charge in [-0.2, -0.15) is 18.3 Å². The van der Waals surface area contributed by atoms with Gasteiger partial charge < -0.3 is 9.80 Å². The number of anilines is 1. The molecule has 0 unspecified atom stereocenters. The molecule has 2 heterocycles. The lowest BCUT2D eigenvalue weighted by Gasteiger charge is -2.34. The quantitative estimate of drug-likeness (QED) is 0.655. The number of piperazine rings is 1. The number of rotatable bonds is 4. The zero-order valence-corrected chi connectivity index (χ0v) is 16.5. The Hall–Kier alpha value is -3.07. The third kappa shape index (κ3) is 4.25. The van der Waals surface area contributed by atoms with E-state index < -0.39 is 11.7 Å². The van der Waals surface area contributed by atoms with Crippen molar-refractivity contribution in [2.75, 3.05) is 38.1 Å². The molecule has 1 saturated heterocycles. The summed E-state index contributed by atoms with van der Waals surface area (Å²) < 4.78 is 40.7. The topological polar surface area (TPSA) is 46.3 Å². The monoisotopic (exact) mass is 417 g/mol. The Balaban J connectivity index is 1.48. The van der Waals surface area contributed by atoms with E-state index in [1.165, 1.54) is 27.7 Å². The summed E-state index contributed by atoms with van der Waals surface area (Å²) in [5, 5.41) is 4.11. The second kappa shape index (κ2) is 7.98. The van der Waals surface area contributed by atoms with Gasteiger partial charge in [-0.1, -0.05) is 12.1 Å². The van der Waals surface area contributed by atoms with Crippen LogP contribution < -0.4 is 10.6 Å². The number of benzene rings is 2. The van der Waals surface area contributed by atoms with E-state index in [4.69, 9.17) is 0 Å². The normalized spacial score (nSPS) is 15.5. The lowest BCUT2D eigenvalue weighted by Crippen LogP contribution is -2.44. The third-order valence-electron chi connectivity index (χ3n) is 5.34. The van der Waals surface area contributed by atoms with Gasteiger partial charge in [0, 0.05) is 31.9 Å². The average molecular weight is 417 g/mol. The van der Waals surface area contributed by atoms with Crippen LogP contribution >= 0.6 is 0 Å². The lowest BCUT2D eigenvalue weighted by atomic mass is 10.1. The van der Waals surface area contributed by atoms with Crippen molar-refractivity contribution in [2.24, 2.45) is 0 Å². The zero-order valence-electron chi connectivity index (χ0n) is 16.5. The van der Waals surface area contributed by atoms with Crippen LogP contribution in [0.25, 0.3) is 5.69 Å². The first-order valence-corrected chi connectivity index (χ1v) is 9.66. The fourth-order valence-corrected chi connectivity index (χ4v) is 3.48. The number of halogens is 3. The Morgan fingerprint density at radius 2 is 1.50 bits per heavy atom. The van der Waals surface area contributed by atoms with Crippen LogP contribution in [0.4, 0.5) is 18.9 Å². The zero-order chi connectivity index (χ0) is 21.3. The maximum absolute atomic E-state index is 12.7. The first kappa shape index (κ1) is 20.2. The van der Waals surface area contributed by atoms with Gasteiger partial charge >= 0.3 is 11.9 Å². The van der Waals surface area contributed by atoms with Crippen molar-refractivity contribution >= 4 is 5.69 Å². The van der Waals surface area contributed by atoms with Crippen molar-refractivity contribution in [1.29, 1.82) is 0 Å². The summed E-state index contributed by atoms with van der Waals surface area (Å²) in [6.07, 6.45) is -2.95. The predicted octanol–water partition coefficient (Wildman–Crippen LogP) is 2.85. The summed E-state index contributed by atoms with van der Waals surface area (Å²) in [4.78, 5) is 17.3. The van der Waals surface area contributed by atoms with Gasteiger partial charge in [0.15, 0.2) is 0 Å². The fourth-order valence-electron chi connectivity index (χ4n) is 3.48. The second-order valence-electron chi connectivity index (χ2n) is 7.44. The summed E-state index contributed by atoms with van der Waals surface area (Å²) in [5.74, 6) is 0. The maximum atomic E-state index is 12.7. The van der Waals surface area contributed by atoms with Gasteiger partial charge in [-0.25, -0.2) is 14.0 Å². The molecule has 2 aromatic carbocycles. The van der Waals surface area contributed by atoms with Gasteiger partial charge in [-0.3, -0.25) is 0 Å². The fraction of sp³-hybridized carbons (Fsp3) is 0.333. The maximum Gasteiger partial charge on any atom is 0.416 e. The van der Waals surface area contributed by atoms with Crippen molar-refractivity contribution in [3.63, 3.8) is 0 Å². The standard InChI is InChI=1S/C21H22F3N5O/c1-26-10-12-27(13-11-26)18-6-8-19(9-7-18)28-15-25-29(20(28)30)14-16-2-4-17(5-3-16)21(22,23)24/h2-9,15H,10-14H2,1H3. The molecule has 1 aliphatic heterocycles. The summed E-state index contributed by atoms with van der Waals surface area (Å²) >= 11 is 0. The molecule has 1 aliphatic rings. The number of hydrogen-bond donors (Lipinski definition) is 0. The molecule has 0 saturated carbocycles. The molecule has 4 rings (SSSR count). The van der Waals surface area contributed by atoms with Crippen LogP contribution in [0.2, 0.25) is 0 Å². The molecule has 0 bridgehead atoms. The molecule has 158 valence electrons. The highest BCUT2D eigenvalue weighted by Crippen LogP contribution is 2.29. The third-order valence-corrected chi connectivity index (χ3v) is 5.34. The average Bonchev–Trinajstić information content (AvgIpc) is 3.09. The molecule has 0 aliphatic carbocycles. The first-order valence-electron chi connectivity index (χ1n) is 9.66. The Kier molecular flexibility index (Phi) is 5.38. The Bertz CT molecular complexity index is 1050. The largest absolute Gasteiger partial charge is 0.416 e. The van der Waals surface area contributed by atoms with Crippen LogP contribution in [0, 0.1) is 0 Å². The molecule has 0 radical (unpaired) electrons. The highest BCUT2D eigenvalue weighted by Gasteiger charge is 2.29. The first-order chi connectivity index (χ1) is 14.3. The number of likely N-dealkylation sites (N-methyl/N-ethyl adjacent to an activating group) is 1. The van der Waals surface area contributed by atoms with Crippen molar-refractivity contribution < 1.29 is 13.2 Å². The predicted molar refractivity (Wildman–Crippen MR) is 108 cm³/mol. The molecule has 3 aromatic rings. The van der Waals surface area contributed by atoms with Crippen LogP contribution in [0.15, 0.2) is 59.7 Å². The van der Waals surface area contributed by atoms with E-state index in [-0.39, 0.29) is 12.2 Å². The van der Waals surface area contributed by atoms with E-state index in [0.717, 1.165) is 44.0 Å². The SMILES string of the molecule is CN1CCN(c2ccc(-n3cnn(Cc4ccc(C(F)(F)F)cc4)c3=O)cc2)CC1. The minimum atomic E-state index is -4.38. The van der Waals surface area contributed by atoms with Crippen LogP contribution in [-0.2, 0) is 12.7 Å². The van der Waals surface area contributed by atoms with Gasteiger partial charge in [0.05, 0.1) is 17.8 Å². The van der Waals surface area contributed by atoms with E-state index in [0.29, 0.717) is 11.3 Å². The molecule has 1 aromatic heterocycles. The van der Waals surface area contributed by atoms with Crippen LogP contribution in [0.3, 0.4) is 0 Å². The molecule has 30 heavy (non-hydrogen) atoms. The van der Waals surface area contributed by atoms with Crippen LogP contribution in [-0.4, -0.2) is 52.5 Å². The van der Waals surface area contributed by atoms with E-state index in [1.807, 2.05) is 24.3 Å². The number of alkyl halides is 3. The number of nitrogens with zero attached hydrogens (tertiary/aromatic N) is 5. The van der Waals surface area contributed by atoms with Gasteiger partial charge in [-0.05, 0) is 49.0 Å². The Morgan fingerprint density at radius 3 is 2.10 bits per heavy atom. The summed E-state index contributed by atoms with van der Waals surface area (Å²) in [6.45, 7) is 4.04. The van der Waals surface area contributed by atoms with Crippen molar-refractivity contribution in [1.82, 2.24) is 19.2 Å². The minimum Gasteiger partial charge on any atom is -0.369 e. The molecule has 0 amide bonds. The molecular weight excluding hydrogens is 395 g/mol. The molecule has 6 nitrogen and oxygen atoms in total. The van der Waals surface area contributed by atoms with Gasteiger partial charge in [0.2, 0.25) is 0 Å². The van der Waals surface area contributed by atoms with Crippen molar-refractivity contribution in [3.05, 3.63) is 76.5 Å². The summed E-state index contributed by atoms with van der Waals surface area (Å²) in [6, 6.07) is 12.5. The molecule has 0 atom stereocenters. The Morgan fingerprint density at radius 1 is 0.900 bits per heavy atom. The minimum absolute atomic E-state index is 0.101. The van der Waals surface area contributed by atoms with E-state index in [9.17, 15) is 18.0 Å². The molecule has 1 fully saturated rings. The summed E-state index contributed by atoms with van der Waals surface area (Å²) in [7, 11) is 2.11. The smallest absolute Gasteiger partial charge is 0.369 e. The van der Waals surface area contributed by atoms with Crippen LogP contribution in [0.5, 0.6) is 0 Å².